The molecule has 0 aliphatic rings. The van der Waals surface area contributed by atoms with Crippen molar-refractivity contribution < 1.29 is 12.6 Å². The van der Waals surface area contributed by atoms with Crippen LogP contribution in [0.25, 0.3) is 0 Å². The van der Waals surface area contributed by atoms with Crippen molar-refractivity contribution in [2.24, 2.45) is 0 Å². The molecule has 3 nitrogen and oxygen atoms in total. The van der Waals surface area contributed by atoms with Crippen molar-refractivity contribution in [3.05, 3.63) is 0 Å². The lowest BCUT2D eigenvalue weighted by Gasteiger charge is -2.13. The fraction of sp³-hybridized carbons (Fsp3) is 1.00. The van der Waals surface area contributed by atoms with E-state index in [1.165, 1.54) is 0 Å². The SMILES string of the molecule is CCCC(CCC)OS(C)(=O)=O. The lowest BCUT2D eigenvalue weighted by atomic mass is 10.1. The first-order valence-electron chi connectivity index (χ1n) is 4.37. The molecule has 4 heteroatoms. The van der Waals surface area contributed by atoms with Gasteiger partial charge in [-0.15, -0.1) is 0 Å². The quantitative estimate of drug-likeness (QED) is 0.607. The average molecular weight is 194 g/mol. The molecule has 0 aliphatic carbocycles. The Hall–Kier alpha value is -0.0900. The van der Waals surface area contributed by atoms with E-state index < -0.39 is 10.1 Å². The van der Waals surface area contributed by atoms with E-state index in [9.17, 15) is 8.42 Å². The first-order valence-corrected chi connectivity index (χ1v) is 6.19. The Labute approximate surface area is 75.2 Å². The largest absolute Gasteiger partial charge is 0.267 e. The first-order chi connectivity index (χ1) is 5.49. The van der Waals surface area contributed by atoms with Gasteiger partial charge in [0.05, 0.1) is 12.4 Å². The molecular formula is C8H18O3S. The molecule has 0 heterocycles. The number of hydrogen-bond acceptors (Lipinski definition) is 3. The lowest BCUT2D eigenvalue weighted by Crippen LogP contribution is -2.16. The standard InChI is InChI=1S/C8H18O3S/c1-4-6-8(7-5-2)11-12(3,9)10/h8H,4-7H2,1-3H3. The fourth-order valence-electron chi connectivity index (χ4n) is 1.13. The third-order valence-electron chi connectivity index (χ3n) is 1.53. The predicted octanol–water partition coefficient (Wildman–Crippen LogP) is 1.93. The van der Waals surface area contributed by atoms with Crippen molar-refractivity contribution in [1.29, 1.82) is 0 Å². The van der Waals surface area contributed by atoms with Gasteiger partial charge in [0.15, 0.2) is 0 Å². The van der Waals surface area contributed by atoms with Crippen molar-refractivity contribution >= 4 is 10.1 Å². The zero-order valence-corrected chi connectivity index (χ0v) is 8.86. The van der Waals surface area contributed by atoms with Crippen LogP contribution >= 0.6 is 0 Å². The molecule has 0 radical (unpaired) electrons. The van der Waals surface area contributed by atoms with E-state index in [1.807, 2.05) is 13.8 Å². The summed E-state index contributed by atoms with van der Waals surface area (Å²) in [6, 6.07) is 0. The van der Waals surface area contributed by atoms with Crippen LogP contribution in [-0.2, 0) is 14.3 Å². The Morgan fingerprint density at radius 2 is 1.58 bits per heavy atom. The van der Waals surface area contributed by atoms with E-state index in [0.717, 1.165) is 31.9 Å². The van der Waals surface area contributed by atoms with Gasteiger partial charge < -0.3 is 0 Å². The van der Waals surface area contributed by atoms with E-state index in [2.05, 4.69) is 0 Å². The highest BCUT2D eigenvalue weighted by atomic mass is 32.2. The molecule has 0 bridgehead atoms. The van der Waals surface area contributed by atoms with Crippen molar-refractivity contribution in [2.75, 3.05) is 6.26 Å². The summed E-state index contributed by atoms with van der Waals surface area (Å²) in [5.41, 5.74) is 0. The monoisotopic (exact) mass is 194 g/mol. The maximum Gasteiger partial charge on any atom is 0.264 e. The summed E-state index contributed by atoms with van der Waals surface area (Å²) in [6.45, 7) is 4.04. The van der Waals surface area contributed by atoms with Crippen LogP contribution in [0.15, 0.2) is 0 Å². The average Bonchev–Trinajstić information content (AvgIpc) is 1.84. The van der Waals surface area contributed by atoms with Gasteiger partial charge in [0.25, 0.3) is 10.1 Å². The lowest BCUT2D eigenvalue weighted by molar-refractivity contribution is 0.188. The molecule has 0 saturated carbocycles. The predicted molar refractivity (Wildman–Crippen MR) is 49.5 cm³/mol. The molecule has 0 N–H and O–H groups in total. The van der Waals surface area contributed by atoms with Crippen molar-refractivity contribution in [1.82, 2.24) is 0 Å². The zero-order chi connectivity index (χ0) is 9.61. The van der Waals surface area contributed by atoms with Crippen LogP contribution in [0.4, 0.5) is 0 Å². The van der Waals surface area contributed by atoms with Crippen LogP contribution in [-0.4, -0.2) is 20.8 Å². The molecule has 0 atom stereocenters. The van der Waals surface area contributed by atoms with E-state index in [4.69, 9.17) is 4.18 Å². The summed E-state index contributed by atoms with van der Waals surface area (Å²) < 4.78 is 26.4. The van der Waals surface area contributed by atoms with Crippen LogP contribution in [0.3, 0.4) is 0 Å². The Morgan fingerprint density at radius 1 is 1.17 bits per heavy atom. The molecule has 74 valence electrons. The van der Waals surface area contributed by atoms with E-state index in [-0.39, 0.29) is 6.10 Å². The molecular weight excluding hydrogens is 176 g/mol. The molecule has 12 heavy (non-hydrogen) atoms. The van der Waals surface area contributed by atoms with Crippen LogP contribution < -0.4 is 0 Å². The number of hydrogen-bond donors (Lipinski definition) is 0. The Morgan fingerprint density at radius 3 is 1.83 bits per heavy atom. The maximum absolute atomic E-state index is 10.8. The summed E-state index contributed by atoms with van der Waals surface area (Å²) in [5, 5.41) is 0. The summed E-state index contributed by atoms with van der Waals surface area (Å²) in [4.78, 5) is 0. The second-order valence-electron chi connectivity index (χ2n) is 3.00. The highest BCUT2D eigenvalue weighted by molar-refractivity contribution is 7.86. The zero-order valence-electron chi connectivity index (χ0n) is 8.04. The highest BCUT2D eigenvalue weighted by Gasteiger charge is 2.12. The van der Waals surface area contributed by atoms with Crippen molar-refractivity contribution in [3.63, 3.8) is 0 Å². The van der Waals surface area contributed by atoms with E-state index in [0.29, 0.717) is 0 Å². The van der Waals surface area contributed by atoms with Gasteiger partial charge in [0.2, 0.25) is 0 Å². The summed E-state index contributed by atoms with van der Waals surface area (Å²) in [5.74, 6) is 0. The molecule has 0 aromatic carbocycles. The Kier molecular flexibility index (Phi) is 5.50. The van der Waals surface area contributed by atoms with Crippen LogP contribution in [0.1, 0.15) is 39.5 Å². The van der Waals surface area contributed by atoms with Gasteiger partial charge >= 0.3 is 0 Å². The molecule has 0 amide bonds. The van der Waals surface area contributed by atoms with Gasteiger partial charge in [0, 0.05) is 0 Å². The summed E-state index contributed by atoms with van der Waals surface area (Å²) in [6.07, 6.45) is 4.54. The topological polar surface area (TPSA) is 43.4 Å². The molecule has 0 fully saturated rings. The molecule has 0 spiro atoms. The third-order valence-corrected chi connectivity index (χ3v) is 2.15. The Bertz CT molecular complexity index is 190. The minimum atomic E-state index is -3.27. The van der Waals surface area contributed by atoms with Crippen LogP contribution in [0, 0.1) is 0 Å². The van der Waals surface area contributed by atoms with Gasteiger partial charge in [-0.1, -0.05) is 26.7 Å². The maximum atomic E-state index is 10.8. The van der Waals surface area contributed by atoms with E-state index in [1.54, 1.807) is 0 Å². The second kappa shape index (κ2) is 5.54. The number of rotatable bonds is 6. The Balaban J connectivity index is 3.95. The van der Waals surface area contributed by atoms with Gasteiger partial charge in [0.1, 0.15) is 0 Å². The molecule has 0 aliphatic heterocycles. The van der Waals surface area contributed by atoms with Crippen LogP contribution in [0.5, 0.6) is 0 Å². The highest BCUT2D eigenvalue weighted by Crippen LogP contribution is 2.11. The molecule has 0 saturated heterocycles. The second-order valence-corrected chi connectivity index (χ2v) is 4.60. The summed E-state index contributed by atoms with van der Waals surface area (Å²) in [7, 11) is -3.27. The van der Waals surface area contributed by atoms with E-state index >= 15 is 0 Å². The minimum absolute atomic E-state index is 0.116. The molecule has 0 rings (SSSR count). The first kappa shape index (κ1) is 11.9. The molecule has 0 unspecified atom stereocenters. The van der Waals surface area contributed by atoms with Crippen molar-refractivity contribution in [2.45, 2.75) is 45.6 Å². The molecule has 0 aromatic heterocycles. The summed E-state index contributed by atoms with van der Waals surface area (Å²) >= 11 is 0. The smallest absolute Gasteiger partial charge is 0.264 e. The van der Waals surface area contributed by atoms with Gasteiger partial charge in [-0.2, -0.15) is 8.42 Å². The van der Waals surface area contributed by atoms with Gasteiger partial charge in [-0.05, 0) is 12.8 Å². The normalized spacial score (nSPS) is 12.3. The van der Waals surface area contributed by atoms with Gasteiger partial charge in [-0.3, -0.25) is 4.18 Å². The minimum Gasteiger partial charge on any atom is -0.267 e. The fourth-order valence-corrected chi connectivity index (χ4v) is 1.82. The van der Waals surface area contributed by atoms with Crippen molar-refractivity contribution in [3.8, 4) is 0 Å². The van der Waals surface area contributed by atoms with Gasteiger partial charge in [-0.25, -0.2) is 0 Å². The third kappa shape index (κ3) is 6.61. The van der Waals surface area contributed by atoms with Crippen LogP contribution in [0.2, 0.25) is 0 Å². The molecule has 0 aromatic rings.